The molecule has 3 aliphatic rings. The van der Waals surface area contributed by atoms with E-state index >= 15 is 0 Å². The highest BCUT2D eigenvalue weighted by Gasteiger charge is 2.45. The Morgan fingerprint density at radius 3 is 2.61 bits per heavy atom. The largest absolute Gasteiger partial charge is 0.343 e. The number of piperidine rings is 2. The average Bonchev–Trinajstić information content (AvgIpc) is 2.36. The number of piperazine rings is 1. The number of hydrogen-bond acceptors (Lipinski definition) is 2. The van der Waals surface area contributed by atoms with Crippen LogP contribution < -0.4 is 5.32 Å². The van der Waals surface area contributed by atoms with Gasteiger partial charge in [-0.25, -0.2) is 4.39 Å². The summed E-state index contributed by atoms with van der Waals surface area (Å²) >= 11 is 0. The molecule has 0 aromatic heterocycles. The summed E-state index contributed by atoms with van der Waals surface area (Å²) in [5, 5.41) is 2.70. The molecular formula is C13H13FN2O2. The molecule has 5 heteroatoms. The summed E-state index contributed by atoms with van der Waals surface area (Å²) in [4.78, 5) is 25.3. The number of fused-ring (bicyclic) bond motifs is 3. The Morgan fingerprint density at radius 1 is 1.22 bits per heavy atom. The summed E-state index contributed by atoms with van der Waals surface area (Å²) in [6.07, 6.45) is 1.43. The van der Waals surface area contributed by atoms with Crippen molar-refractivity contribution in [2.75, 3.05) is 0 Å². The third-order valence-electron chi connectivity index (χ3n) is 3.57. The van der Waals surface area contributed by atoms with Crippen LogP contribution in [0.3, 0.4) is 0 Å². The average molecular weight is 248 g/mol. The normalized spacial score (nSPS) is 26.4. The van der Waals surface area contributed by atoms with Crippen molar-refractivity contribution in [3.8, 4) is 0 Å². The second-order valence-corrected chi connectivity index (χ2v) is 4.75. The van der Waals surface area contributed by atoms with Gasteiger partial charge in [-0.3, -0.25) is 9.59 Å². The highest BCUT2D eigenvalue weighted by molar-refractivity contribution is 5.98. The lowest BCUT2D eigenvalue weighted by molar-refractivity contribution is -0.154. The van der Waals surface area contributed by atoms with Crippen molar-refractivity contribution in [3.63, 3.8) is 0 Å². The van der Waals surface area contributed by atoms with Crippen molar-refractivity contribution < 1.29 is 14.0 Å². The maximum Gasteiger partial charge on any atom is 0.246 e. The number of rotatable bonds is 2. The van der Waals surface area contributed by atoms with E-state index in [0.29, 0.717) is 13.0 Å². The van der Waals surface area contributed by atoms with Gasteiger partial charge in [-0.1, -0.05) is 12.1 Å². The number of halogens is 1. The predicted octanol–water partition coefficient (Wildman–Crippen LogP) is 0.815. The highest BCUT2D eigenvalue weighted by Crippen LogP contribution is 2.26. The van der Waals surface area contributed by atoms with Crippen molar-refractivity contribution in [2.24, 2.45) is 0 Å². The van der Waals surface area contributed by atoms with Gasteiger partial charge in [-0.05, 0) is 30.5 Å². The minimum Gasteiger partial charge on any atom is -0.343 e. The molecule has 94 valence electrons. The van der Waals surface area contributed by atoms with Crippen LogP contribution in [0.4, 0.5) is 4.39 Å². The van der Waals surface area contributed by atoms with Crippen molar-refractivity contribution in [1.29, 1.82) is 0 Å². The van der Waals surface area contributed by atoms with Crippen LogP contribution in [-0.4, -0.2) is 28.8 Å². The second kappa shape index (κ2) is 4.08. The van der Waals surface area contributed by atoms with E-state index in [4.69, 9.17) is 0 Å². The maximum atomic E-state index is 12.8. The number of amides is 2. The van der Waals surface area contributed by atoms with Crippen molar-refractivity contribution in [1.82, 2.24) is 10.2 Å². The molecule has 1 N–H and O–H groups in total. The fourth-order valence-corrected chi connectivity index (χ4v) is 2.61. The molecule has 1 aromatic carbocycles. The summed E-state index contributed by atoms with van der Waals surface area (Å²) < 4.78 is 12.8. The van der Waals surface area contributed by atoms with Gasteiger partial charge in [0.25, 0.3) is 0 Å². The van der Waals surface area contributed by atoms with Gasteiger partial charge < -0.3 is 10.2 Å². The monoisotopic (exact) mass is 248 g/mol. The minimum absolute atomic E-state index is 0.0322. The van der Waals surface area contributed by atoms with Crippen LogP contribution in [0.5, 0.6) is 0 Å². The maximum absolute atomic E-state index is 12.8. The van der Waals surface area contributed by atoms with Gasteiger partial charge in [0, 0.05) is 6.54 Å². The van der Waals surface area contributed by atoms with Gasteiger partial charge in [0.15, 0.2) is 0 Å². The molecule has 3 fully saturated rings. The molecule has 1 aromatic rings. The molecule has 3 heterocycles. The van der Waals surface area contributed by atoms with Gasteiger partial charge in [0.05, 0.1) is 0 Å². The van der Waals surface area contributed by atoms with Gasteiger partial charge in [-0.2, -0.15) is 0 Å². The summed E-state index contributed by atoms with van der Waals surface area (Å²) in [7, 11) is 0. The van der Waals surface area contributed by atoms with E-state index in [1.165, 1.54) is 12.1 Å². The number of nitrogens with zero attached hydrogens (tertiary/aromatic N) is 1. The van der Waals surface area contributed by atoms with E-state index in [2.05, 4.69) is 5.32 Å². The number of nitrogens with one attached hydrogen (secondary N) is 1. The van der Waals surface area contributed by atoms with Gasteiger partial charge >= 0.3 is 0 Å². The first kappa shape index (κ1) is 11.2. The predicted molar refractivity (Wildman–Crippen MR) is 61.9 cm³/mol. The zero-order chi connectivity index (χ0) is 12.7. The van der Waals surface area contributed by atoms with Crippen LogP contribution >= 0.6 is 0 Å². The molecule has 2 atom stereocenters. The van der Waals surface area contributed by atoms with Gasteiger partial charge in [0.2, 0.25) is 11.8 Å². The molecule has 3 aliphatic heterocycles. The molecule has 0 radical (unpaired) electrons. The van der Waals surface area contributed by atoms with Crippen LogP contribution in [-0.2, 0) is 16.1 Å². The van der Waals surface area contributed by atoms with Gasteiger partial charge in [-0.15, -0.1) is 0 Å². The summed E-state index contributed by atoms with van der Waals surface area (Å²) in [6.45, 7) is 0.369. The Labute approximate surface area is 104 Å². The molecule has 2 unspecified atom stereocenters. The molecular weight excluding hydrogens is 235 g/mol. The molecule has 4 nitrogen and oxygen atoms in total. The third-order valence-corrected chi connectivity index (χ3v) is 3.57. The third kappa shape index (κ3) is 1.75. The van der Waals surface area contributed by atoms with E-state index in [1.54, 1.807) is 17.0 Å². The Bertz CT molecular complexity index is 500. The first-order chi connectivity index (χ1) is 8.65. The van der Waals surface area contributed by atoms with Crippen LogP contribution in [0.25, 0.3) is 0 Å². The summed E-state index contributed by atoms with van der Waals surface area (Å²) in [6, 6.07) is 5.27. The second-order valence-electron chi connectivity index (χ2n) is 4.75. The number of benzene rings is 1. The molecule has 0 spiro atoms. The fourth-order valence-electron chi connectivity index (χ4n) is 2.61. The van der Waals surface area contributed by atoms with Crippen LogP contribution in [0.1, 0.15) is 18.4 Å². The zero-order valence-corrected chi connectivity index (χ0v) is 9.73. The highest BCUT2D eigenvalue weighted by atomic mass is 19.1. The fraction of sp³-hybridized carbons (Fsp3) is 0.385. The van der Waals surface area contributed by atoms with Crippen LogP contribution in [0, 0.1) is 5.82 Å². The Morgan fingerprint density at radius 2 is 1.94 bits per heavy atom. The van der Waals surface area contributed by atoms with E-state index in [9.17, 15) is 14.0 Å². The van der Waals surface area contributed by atoms with E-state index in [0.717, 1.165) is 12.0 Å². The Balaban J connectivity index is 1.81. The van der Waals surface area contributed by atoms with E-state index in [-0.39, 0.29) is 29.7 Å². The van der Waals surface area contributed by atoms with Crippen molar-refractivity contribution >= 4 is 11.8 Å². The zero-order valence-electron chi connectivity index (χ0n) is 9.73. The number of carbonyl (C=O) groups is 2. The summed E-state index contributed by atoms with van der Waals surface area (Å²) in [5.41, 5.74) is 0.838. The molecule has 18 heavy (non-hydrogen) atoms. The SMILES string of the molecule is O=C1NC2CCC1N(Cc1ccc(F)cc1)C2=O. The van der Waals surface area contributed by atoms with Crippen molar-refractivity contribution in [2.45, 2.75) is 31.5 Å². The topological polar surface area (TPSA) is 49.4 Å². The Hall–Kier alpha value is -1.91. The first-order valence-corrected chi connectivity index (χ1v) is 6.00. The van der Waals surface area contributed by atoms with E-state index < -0.39 is 0 Å². The molecule has 2 amide bonds. The molecule has 0 aliphatic carbocycles. The molecule has 0 saturated carbocycles. The number of hydrogen-bond donors (Lipinski definition) is 1. The lowest BCUT2D eigenvalue weighted by atomic mass is 9.91. The van der Waals surface area contributed by atoms with Gasteiger partial charge in [0.1, 0.15) is 17.9 Å². The Kier molecular flexibility index (Phi) is 2.54. The standard InChI is InChI=1S/C13H13FN2O2/c14-9-3-1-8(2-4-9)7-16-11-6-5-10(13(16)18)15-12(11)17/h1-4,10-11H,5-7H2,(H,15,17). The lowest BCUT2D eigenvalue weighted by Gasteiger charge is -2.44. The van der Waals surface area contributed by atoms with Crippen LogP contribution in [0.2, 0.25) is 0 Å². The quantitative estimate of drug-likeness (QED) is 0.842. The minimum atomic E-state index is -0.372. The van der Waals surface area contributed by atoms with Crippen molar-refractivity contribution in [3.05, 3.63) is 35.6 Å². The number of carbonyl (C=O) groups excluding carboxylic acids is 2. The molecule has 3 saturated heterocycles. The molecule has 4 rings (SSSR count). The lowest BCUT2D eigenvalue weighted by Crippen LogP contribution is -2.66. The van der Waals surface area contributed by atoms with E-state index in [1.807, 2.05) is 0 Å². The molecule has 2 bridgehead atoms. The summed E-state index contributed by atoms with van der Waals surface area (Å²) in [5.74, 6) is -0.411. The van der Waals surface area contributed by atoms with Crippen LogP contribution in [0.15, 0.2) is 24.3 Å². The first-order valence-electron chi connectivity index (χ1n) is 6.00. The smallest absolute Gasteiger partial charge is 0.246 e.